The van der Waals surface area contributed by atoms with Crippen molar-refractivity contribution in [1.29, 1.82) is 0 Å². The largest absolute Gasteiger partial charge is 0.353 e. The number of aromatic nitrogens is 2. The summed E-state index contributed by atoms with van der Waals surface area (Å²) in [5.41, 5.74) is 4.03. The van der Waals surface area contributed by atoms with E-state index in [0.29, 0.717) is 11.6 Å². The molecule has 130 valence electrons. The molecule has 6 heteroatoms. The number of nitrogens with one attached hydrogen (secondary N) is 1. The molecule has 0 aliphatic rings. The number of nitrogens with zero attached hydrogens (tertiary/aromatic N) is 2. The number of benzene rings is 1. The first-order valence-corrected chi connectivity index (χ1v) is 9.41. The topological polar surface area (TPSA) is 46.9 Å². The van der Waals surface area contributed by atoms with Crippen LogP contribution >= 0.6 is 22.9 Å². The van der Waals surface area contributed by atoms with Crippen LogP contribution in [0.15, 0.2) is 47.2 Å². The zero-order valence-electron chi connectivity index (χ0n) is 14.2. The van der Waals surface area contributed by atoms with Crippen LogP contribution in [0, 0.1) is 13.8 Å². The van der Waals surface area contributed by atoms with Gasteiger partial charge >= 0.3 is 0 Å². The van der Waals surface area contributed by atoms with Crippen molar-refractivity contribution in [3.63, 3.8) is 0 Å². The van der Waals surface area contributed by atoms with E-state index in [1.807, 2.05) is 48.2 Å². The Hall–Kier alpha value is -2.11. The van der Waals surface area contributed by atoms with Crippen LogP contribution in [0.3, 0.4) is 0 Å². The summed E-state index contributed by atoms with van der Waals surface area (Å²) in [5, 5.41) is 12.4. The van der Waals surface area contributed by atoms with Gasteiger partial charge in [-0.1, -0.05) is 29.8 Å². The van der Waals surface area contributed by atoms with Crippen LogP contribution in [0.5, 0.6) is 0 Å². The summed E-state index contributed by atoms with van der Waals surface area (Å²) >= 11 is 7.78. The van der Waals surface area contributed by atoms with E-state index in [1.165, 1.54) is 0 Å². The Bertz CT molecular complexity index is 857. The van der Waals surface area contributed by atoms with Gasteiger partial charge in [-0.25, -0.2) is 0 Å². The summed E-state index contributed by atoms with van der Waals surface area (Å²) in [4.78, 5) is 12.4. The number of carbonyl (C=O) groups is 1. The van der Waals surface area contributed by atoms with Crippen molar-refractivity contribution in [1.82, 2.24) is 15.1 Å². The molecule has 1 N–H and O–H groups in total. The first kappa shape index (κ1) is 17.7. The lowest BCUT2D eigenvalue weighted by molar-refractivity contribution is -0.120. The monoisotopic (exact) mass is 373 g/mol. The third kappa shape index (κ3) is 4.30. The fourth-order valence-corrected chi connectivity index (χ4v) is 3.77. The van der Waals surface area contributed by atoms with Gasteiger partial charge in [-0.15, -0.1) is 0 Å². The molecule has 0 aliphatic carbocycles. The Labute approximate surface area is 156 Å². The maximum atomic E-state index is 12.4. The molecule has 1 aromatic carbocycles. The van der Waals surface area contributed by atoms with Gasteiger partial charge in [0.1, 0.15) is 0 Å². The van der Waals surface area contributed by atoms with Crippen molar-refractivity contribution >= 4 is 28.8 Å². The number of hydrogen-bond donors (Lipinski definition) is 1. The molecule has 1 amide bonds. The Morgan fingerprint density at radius 1 is 1.32 bits per heavy atom. The predicted octanol–water partition coefficient (Wildman–Crippen LogP) is 4.16. The molecule has 2 heterocycles. The second kappa shape index (κ2) is 7.85. The number of amides is 1. The smallest absolute Gasteiger partial charge is 0.224 e. The lowest BCUT2D eigenvalue weighted by Crippen LogP contribution is -2.33. The van der Waals surface area contributed by atoms with Gasteiger partial charge in [0.2, 0.25) is 5.91 Å². The molecule has 0 bridgehead atoms. The van der Waals surface area contributed by atoms with Crippen molar-refractivity contribution in [2.24, 2.45) is 0 Å². The minimum Gasteiger partial charge on any atom is -0.353 e. The highest BCUT2D eigenvalue weighted by Crippen LogP contribution is 2.22. The van der Waals surface area contributed by atoms with E-state index < -0.39 is 0 Å². The van der Waals surface area contributed by atoms with Gasteiger partial charge in [0.05, 0.1) is 18.2 Å². The second-order valence-electron chi connectivity index (χ2n) is 6.02. The fraction of sp³-hybridized carbons (Fsp3) is 0.263. The maximum absolute atomic E-state index is 12.4. The first-order chi connectivity index (χ1) is 12.0. The summed E-state index contributed by atoms with van der Waals surface area (Å²) in [7, 11) is 0. The molecule has 25 heavy (non-hydrogen) atoms. The van der Waals surface area contributed by atoms with E-state index in [-0.39, 0.29) is 18.4 Å². The van der Waals surface area contributed by atoms with Crippen molar-refractivity contribution in [3.8, 4) is 0 Å². The lowest BCUT2D eigenvalue weighted by atomic mass is 10.1. The van der Waals surface area contributed by atoms with Gasteiger partial charge in [-0.05, 0) is 53.9 Å². The van der Waals surface area contributed by atoms with Gasteiger partial charge in [0, 0.05) is 17.3 Å². The number of aryl methyl sites for hydroxylation is 2. The molecule has 3 rings (SSSR count). The third-order valence-electron chi connectivity index (χ3n) is 4.07. The molecular formula is C19H20ClN3OS. The highest BCUT2D eigenvalue weighted by Gasteiger charge is 2.19. The fourth-order valence-electron chi connectivity index (χ4n) is 2.86. The molecule has 4 nitrogen and oxygen atoms in total. The van der Waals surface area contributed by atoms with Crippen LogP contribution < -0.4 is 5.32 Å². The van der Waals surface area contributed by atoms with Gasteiger partial charge in [0.15, 0.2) is 0 Å². The maximum Gasteiger partial charge on any atom is 0.224 e. The highest BCUT2D eigenvalue weighted by atomic mass is 35.5. The average Bonchev–Trinajstić information content (AvgIpc) is 3.20. The number of halogens is 1. The van der Waals surface area contributed by atoms with E-state index in [2.05, 4.69) is 21.9 Å². The van der Waals surface area contributed by atoms with Gasteiger partial charge in [-0.3, -0.25) is 9.48 Å². The predicted molar refractivity (Wildman–Crippen MR) is 102 cm³/mol. The van der Waals surface area contributed by atoms with Crippen LogP contribution in [0.2, 0.25) is 5.02 Å². The van der Waals surface area contributed by atoms with Gasteiger partial charge in [-0.2, -0.15) is 16.4 Å². The molecule has 0 spiro atoms. The summed E-state index contributed by atoms with van der Waals surface area (Å²) in [6.45, 7) is 4.50. The van der Waals surface area contributed by atoms with Crippen LogP contribution in [0.1, 0.15) is 28.6 Å². The molecule has 3 aromatic rings. The average molecular weight is 374 g/mol. The normalized spacial score (nSPS) is 12.1. The van der Waals surface area contributed by atoms with E-state index in [4.69, 9.17) is 11.6 Å². The van der Waals surface area contributed by atoms with E-state index in [9.17, 15) is 4.79 Å². The number of rotatable bonds is 6. The Morgan fingerprint density at radius 2 is 2.12 bits per heavy atom. The van der Waals surface area contributed by atoms with E-state index >= 15 is 0 Å². The van der Waals surface area contributed by atoms with Crippen LogP contribution in [-0.2, 0) is 11.2 Å². The Kier molecular flexibility index (Phi) is 5.56. The molecule has 0 fully saturated rings. The van der Waals surface area contributed by atoms with Crippen molar-refractivity contribution in [2.45, 2.75) is 26.3 Å². The Balaban J connectivity index is 1.72. The summed E-state index contributed by atoms with van der Waals surface area (Å²) < 4.78 is 1.98. The Morgan fingerprint density at radius 3 is 2.76 bits per heavy atom. The highest BCUT2D eigenvalue weighted by molar-refractivity contribution is 7.08. The van der Waals surface area contributed by atoms with Crippen LogP contribution in [0.25, 0.3) is 0 Å². The van der Waals surface area contributed by atoms with E-state index in [0.717, 1.165) is 22.5 Å². The summed E-state index contributed by atoms with van der Waals surface area (Å²) in [6, 6.07) is 11.5. The standard InChI is InChI=1S/C19H20ClN3OS/c1-13-9-14(2)23(22-13)18(16-7-8-25-12-16)11-21-19(24)10-15-5-3-4-6-17(15)20/h3-9,12,18H,10-11H2,1-2H3,(H,21,24). The minimum absolute atomic E-state index is 0.0184. The zero-order chi connectivity index (χ0) is 17.8. The molecule has 0 saturated carbocycles. The summed E-state index contributed by atoms with van der Waals surface area (Å²) in [6.07, 6.45) is 0.271. The van der Waals surface area contributed by atoms with Crippen molar-refractivity contribution < 1.29 is 4.79 Å². The second-order valence-corrected chi connectivity index (χ2v) is 7.20. The van der Waals surface area contributed by atoms with E-state index in [1.54, 1.807) is 17.4 Å². The lowest BCUT2D eigenvalue weighted by Gasteiger charge is -2.19. The number of hydrogen-bond acceptors (Lipinski definition) is 3. The minimum atomic E-state index is -0.0464. The van der Waals surface area contributed by atoms with Gasteiger partial charge < -0.3 is 5.32 Å². The molecule has 0 radical (unpaired) electrons. The van der Waals surface area contributed by atoms with Crippen molar-refractivity contribution in [3.05, 3.63) is 74.7 Å². The molecule has 0 saturated heterocycles. The molecule has 1 unspecified atom stereocenters. The number of carbonyl (C=O) groups excluding carboxylic acids is 1. The summed E-state index contributed by atoms with van der Waals surface area (Å²) in [5.74, 6) is -0.0464. The molecule has 0 aliphatic heterocycles. The first-order valence-electron chi connectivity index (χ1n) is 8.09. The molecular weight excluding hydrogens is 354 g/mol. The SMILES string of the molecule is Cc1cc(C)n(C(CNC(=O)Cc2ccccc2Cl)c2ccsc2)n1. The van der Waals surface area contributed by atoms with Crippen LogP contribution in [-0.4, -0.2) is 22.2 Å². The number of thiophene rings is 1. The molecule has 1 atom stereocenters. The quantitative estimate of drug-likeness (QED) is 0.705. The third-order valence-corrected chi connectivity index (χ3v) is 5.14. The zero-order valence-corrected chi connectivity index (χ0v) is 15.8. The molecule has 2 aromatic heterocycles. The van der Waals surface area contributed by atoms with Crippen molar-refractivity contribution in [2.75, 3.05) is 6.54 Å². The van der Waals surface area contributed by atoms with Crippen LogP contribution in [0.4, 0.5) is 0 Å². The van der Waals surface area contributed by atoms with Gasteiger partial charge in [0.25, 0.3) is 0 Å².